The van der Waals surface area contributed by atoms with Crippen molar-refractivity contribution in [3.05, 3.63) is 0 Å². The van der Waals surface area contributed by atoms with Crippen LogP contribution in [0.4, 0.5) is 0 Å². The number of rotatable bonds is 8. The SMILES string of the molecule is CCCCOCCC1CC(C(C)(C)C)CCC1NCC. The van der Waals surface area contributed by atoms with Crippen molar-refractivity contribution in [3.63, 3.8) is 0 Å². The number of hydrogen-bond acceptors (Lipinski definition) is 2. The summed E-state index contributed by atoms with van der Waals surface area (Å²) >= 11 is 0. The van der Waals surface area contributed by atoms with Gasteiger partial charge in [-0.1, -0.05) is 41.0 Å². The Hall–Kier alpha value is -0.0800. The van der Waals surface area contributed by atoms with E-state index in [1.807, 2.05) is 0 Å². The maximum Gasteiger partial charge on any atom is 0.0469 e. The smallest absolute Gasteiger partial charge is 0.0469 e. The van der Waals surface area contributed by atoms with Crippen molar-refractivity contribution in [2.45, 2.75) is 79.2 Å². The van der Waals surface area contributed by atoms with E-state index in [1.165, 1.54) is 38.5 Å². The molecule has 1 aliphatic carbocycles. The standard InChI is InChI=1S/C18H37NO/c1-6-8-12-20-13-11-15-14-16(18(3,4)5)9-10-17(15)19-7-2/h15-17,19H,6-14H2,1-5H3. The van der Waals surface area contributed by atoms with Gasteiger partial charge in [0, 0.05) is 19.3 Å². The summed E-state index contributed by atoms with van der Waals surface area (Å²) in [7, 11) is 0. The zero-order valence-corrected chi connectivity index (χ0v) is 14.5. The summed E-state index contributed by atoms with van der Waals surface area (Å²) in [5.74, 6) is 1.67. The highest BCUT2D eigenvalue weighted by Gasteiger charge is 2.35. The molecule has 0 aromatic carbocycles. The van der Waals surface area contributed by atoms with Crippen LogP contribution < -0.4 is 5.32 Å². The van der Waals surface area contributed by atoms with Crippen LogP contribution in [0, 0.1) is 17.3 Å². The van der Waals surface area contributed by atoms with E-state index in [-0.39, 0.29) is 0 Å². The lowest BCUT2D eigenvalue weighted by atomic mass is 9.67. The van der Waals surface area contributed by atoms with Crippen LogP contribution in [0.25, 0.3) is 0 Å². The lowest BCUT2D eigenvalue weighted by molar-refractivity contribution is 0.0714. The first-order chi connectivity index (χ1) is 9.49. The van der Waals surface area contributed by atoms with Crippen molar-refractivity contribution in [2.75, 3.05) is 19.8 Å². The Morgan fingerprint density at radius 1 is 1.10 bits per heavy atom. The van der Waals surface area contributed by atoms with E-state index in [1.54, 1.807) is 0 Å². The van der Waals surface area contributed by atoms with Gasteiger partial charge in [-0.05, 0) is 55.9 Å². The van der Waals surface area contributed by atoms with Crippen LogP contribution in [-0.2, 0) is 4.74 Å². The maximum absolute atomic E-state index is 5.80. The first-order valence-corrected chi connectivity index (χ1v) is 8.80. The number of nitrogens with one attached hydrogen (secondary N) is 1. The fourth-order valence-electron chi connectivity index (χ4n) is 3.48. The molecule has 1 aliphatic rings. The van der Waals surface area contributed by atoms with Gasteiger partial charge in [0.1, 0.15) is 0 Å². The fourth-order valence-corrected chi connectivity index (χ4v) is 3.48. The van der Waals surface area contributed by atoms with E-state index in [0.29, 0.717) is 11.5 Å². The van der Waals surface area contributed by atoms with Gasteiger partial charge in [0.15, 0.2) is 0 Å². The molecule has 3 atom stereocenters. The number of unbranched alkanes of at least 4 members (excludes halogenated alkanes) is 1. The van der Waals surface area contributed by atoms with Gasteiger partial charge in [-0.2, -0.15) is 0 Å². The Morgan fingerprint density at radius 2 is 1.85 bits per heavy atom. The van der Waals surface area contributed by atoms with Crippen LogP contribution in [0.15, 0.2) is 0 Å². The summed E-state index contributed by atoms with van der Waals surface area (Å²) < 4.78 is 5.80. The largest absolute Gasteiger partial charge is 0.381 e. The summed E-state index contributed by atoms with van der Waals surface area (Å²) in [6, 6.07) is 0.716. The molecule has 0 heterocycles. The van der Waals surface area contributed by atoms with Gasteiger partial charge >= 0.3 is 0 Å². The van der Waals surface area contributed by atoms with E-state index in [4.69, 9.17) is 4.74 Å². The van der Waals surface area contributed by atoms with Gasteiger partial charge in [0.25, 0.3) is 0 Å². The molecule has 0 radical (unpaired) electrons. The lowest BCUT2D eigenvalue weighted by Gasteiger charge is -2.42. The van der Waals surface area contributed by atoms with Gasteiger partial charge in [-0.15, -0.1) is 0 Å². The first-order valence-electron chi connectivity index (χ1n) is 8.80. The van der Waals surface area contributed by atoms with Crippen LogP contribution >= 0.6 is 0 Å². The molecule has 0 aliphatic heterocycles. The normalized spacial score (nSPS) is 27.8. The average Bonchev–Trinajstić information content (AvgIpc) is 2.39. The van der Waals surface area contributed by atoms with Crippen LogP contribution in [0.3, 0.4) is 0 Å². The van der Waals surface area contributed by atoms with Crippen molar-refractivity contribution in [1.29, 1.82) is 0 Å². The first kappa shape index (κ1) is 18.0. The molecular weight excluding hydrogens is 246 g/mol. The highest BCUT2D eigenvalue weighted by atomic mass is 16.5. The Bertz CT molecular complexity index is 246. The van der Waals surface area contributed by atoms with E-state index in [2.05, 4.69) is 39.9 Å². The molecule has 2 nitrogen and oxygen atoms in total. The van der Waals surface area contributed by atoms with E-state index >= 15 is 0 Å². The second-order valence-corrected chi connectivity index (χ2v) is 7.55. The van der Waals surface area contributed by atoms with Crippen molar-refractivity contribution in [1.82, 2.24) is 5.32 Å². The van der Waals surface area contributed by atoms with Gasteiger partial charge < -0.3 is 10.1 Å². The lowest BCUT2D eigenvalue weighted by Crippen LogP contribution is -2.43. The molecule has 120 valence electrons. The summed E-state index contributed by atoms with van der Waals surface area (Å²) in [6.07, 6.45) is 7.76. The van der Waals surface area contributed by atoms with Crippen molar-refractivity contribution >= 4 is 0 Å². The molecule has 3 unspecified atom stereocenters. The van der Waals surface area contributed by atoms with Gasteiger partial charge in [-0.25, -0.2) is 0 Å². The highest BCUT2D eigenvalue weighted by Crippen LogP contribution is 2.41. The van der Waals surface area contributed by atoms with E-state index in [9.17, 15) is 0 Å². The molecule has 1 saturated carbocycles. The summed E-state index contributed by atoms with van der Waals surface area (Å²) in [5, 5.41) is 3.70. The summed E-state index contributed by atoms with van der Waals surface area (Å²) in [5.41, 5.74) is 0.457. The quantitative estimate of drug-likeness (QED) is 0.656. The Balaban J connectivity index is 2.42. The molecule has 0 aromatic rings. The highest BCUT2D eigenvalue weighted by molar-refractivity contribution is 4.88. The third-order valence-corrected chi connectivity index (χ3v) is 4.95. The second kappa shape index (κ2) is 9.04. The Labute approximate surface area is 127 Å². The van der Waals surface area contributed by atoms with Crippen molar-refractivity contribution < 1.29 is 4.74 Å². The van der Waals surface area contributed by atoms with E-state index in [0.717, 1.165) is 31.6 Å². The molecule has 0 amide bonds. The van der Waals surface area contributed by atoms with Crippen LogP contribution in [0.5, 0.6) is 0 Å². The zero-order valence-electron chi connectivity index (χ0n) is 14.5. The second-order valence-electron chi connectivity index (χ2n) is 7.55. The molecule has 2 heteroatoms. The molecule has 0 saturated heterocycles. The van der Waals surface area contributed by atoms with Crippen LogP contribution in [0.2, 0.25) is 0 Å². The molecule has 20 heavy (non-hydrogen) atoms. The van der Waals surface area contributed by atoms with Crippen molar-refractivity contribution in [3.8, 4) is 0 Å². The topological polar surface area (TPSA) is 21.3 Å². The minimum atomic E-state index is 0.457. The summed E-state index contributed by atoms with van der Waals surface area (Å²) in [6.45, 7) is 14.6. The third kappa shape index (κ3) is 6.13. The molecule has 0 aromatic heterocycles. The third-order valence-electron chi connectivity index (χ3n) is 4.95. The Kier molecular flexibility index (Phi) is 8.13. The van der Waals surface area contributed by atoms with Gasteiger partial charge in [0.05, 0.1) is 0 Å². The van der Waals surface area contributed by atoms with Crippen LogP contribution in [-0.4, -0.2) is 25.8 Å². The minimum Gasteiger partial charge on any atom is -0.381 e. The molecule has 0 spiro atoms. The fraction of sp³-hybridized carbons (Fsp3) is 1.00. The molecule has 0 bridgehead atoms. The molecular formula is C18H37NO. The monoisotopic (exact) mass is 283 g/mol. The number of ether oxygens (including phenoxy) is 1. The van der Waals surface area contributed by atoms with Crippen molar-refractivity contribution in [2.24, 2.45) is 17.3 Å². The molecule has 1 rings (SSSR count). The number of hydrogen-bond donors (Lipinski definition) is 1. The van der Waals surface area contributed by atoms with Gasteiger partial charge in [0.2, 0.25) is 0 Å². The molecule has 1 fully saturated rings. The van der Waals surface area contributed by atoms with E-state index < -0.39 is 0 Å². The average molecular weight is 284 g/mol. The predicted octanol–water partition coefficient (Wildman–Crippen LogP) is 4.63. The predicted molar refractivity (Wildman–Crippen MR) is 88.1 cm³/mol. The minimum absolute atomic E-state index is 0.457. The Morgan fingerprint density at radius 3 is 2.45 bits per heavy atom. The summed E-state index contributed by atoms with van der Waals surface area (Å²) in [4.78, 5) is 0. The zero-order chi connectivity index (χ0) is 15.0. The molecule has 1 N–H and O–H groups in total. The maximum atomic E-state index is 5.80. The van der Waals surface area contributed by atoms with Crippen LogP contribution in [0.1, 0.15) is 73.1 Å². The van der Waals surface area contributed by atoms with Gasteiger partial charge in [-0.3, -0.25) is 0 Å².